The highest BCUT2D eigenvalue weighted by Gasteiger charge is 2.25. The molecule has 0 bridgehead atoms. The summed E-state index contributed by atoms with van der Waals surface area (Å²) in [6, 6.07) is 0. The molecule has 0 saturated carbocycles. The first kappa shape index (κ1) is 27.9. The van der Waals surface area contributed by atoms with Gasteiger partial charge in [0, 0.05) is 45.6 Å². The van der Waals surface area contributed by atoms with Gasteiger partial charge in [0.05, 0.1) is 12.7 Å². The molecule has 0 radical (unpaired) electrons. The van der Waals surface area contributed by atoms with Crippen LogP contribution in [0.25, 0.3) is 0 Å². The van der Waals surface area contributed by atoms with Gasteiger partial charge in [-0.25, -0.2) is 0 Å². The first-order valence-electron chi connectivity index (χ1n) is 13.0. The Morgan fingerprint density at radius 1 is 0.742 bits per heavy atom. The Kier molecular flexibility index (Phi) is 17.6. The maximum absolute atomic E-state index is 12.0. The molecule has 6 heteroatoms. The van der Waals surface area contributed by atoms with Gasteiger partial charge in [0.15, 0.2) is 0 Å². The zero-order valence-electron chi connectivity index (χ0n) is 20.4. The van der Waals surface area contributed by atoms with Crippen molar-refractivity contribution in [2.24, 2.45) is 0 Å². The Bertz CT molecular complexity index is 421. The summed E-state index contributed by atoms with van der Waals surface area (Å²) in [4.78, 5) is 26.3. The van der Waals surface area contributed by atoms with Gasteiger partial charge in [0.2, 0.25) is 11.8 Å². The second-order valence-electron chi connectivity index (χ2n) is 8.99. The average Bonchev–Trinajstić information content (AvgIpc) is 3.57. The van der Waals surface area contributed by atoms with Gasteiger partial charge in [-0.2, -0.15) is 0 Å². The molecule has 0 aromatic rings. The monoisotopic (exact) mass is 439 g/mol. The molecular weight excluding hydrogens is 390 g/mol. The first-order valence-corrected chi connectivity index (χ1v) is 13.0. The molecule has 182 valence electrons. The molecule has 2 amide bonds. The maximum Gasteiger partial charge on any atom is 0.220 e. The van der Waals surface area contributed by atoms with E-state index in [1.807, 2.05) is 0 Å². The van der Waals surface area contributed by atoms with Crippen molar-refractivity contribution in [3.05, 3.63) is 0 Å². The van der Waals surface area contributed by atoms with Crippen molar-refractivity contribution in [1.82, 2.24) is 15.5 Å². The molecule has 0 aromatic carbocycles. The van der Waals surface area contributed by atoms with Crippen molar-refractivity contribution < 1.29 is 14.3 Å². The summed E-state index contributed by atoms with van der Waals surface area (Å²) >= 11 is 0. The molecule has 0 spiro atoms. The third-order valence-electron chi connectivity index (χ3n) is 5.88. The number of rotatable bonds is 22. The minimum absolute atomic E-state index is 0.158. The van der Waals surface area contributed by atoms with Crippen LogP contribution < -0.4 is 10.6 Å². The van der Waals surface area contributed by atoms with Crippen LogP contribution in [0.4, 0.5) is 0 Å². The van der Waals surface area contributed by atoms with Gasteiger partial charge in [-0.05, 0) is 12.8 Å². The van der Waals surface area contributed by atoms with Crippen molar-refractivity contribution in [1.29, 1.82) is 0 Å². The van der Waals surface area contributed by atoms with E-state index in [9.17, 15) is 9.59 Å². The number of unbranched alkanes of at least 4 members (excludes halogenated alkanes) is 10. The quantitative estimate of drug-likeness (QED) is 0.193. The topological polar surface area (TPSA) is 74.0 Å². The van der Waals surface area contributed by atoms with Crippen LogP contribution in [0, 0.1) is 0 Å². The van der Waals surface area contributed by atoms with Crippen molar-refractivity contribution in [3.8, 4) is 0 Å². The zero-order valence-corrected chi connectivity index (χ0v) is 20.4. The Balaban J connectivity index is 2.06. The summed E-state index contributed by atoms with van der Waals surface area (Å²) in [7, 11) is 0. The van der Waals surface area contributed by atoms with E-state index in [0.717, 1.165) is 51.9 Å². The Morgan fingerprint density at radius 3 is 1.58 bits per heavy atom. The number of nitrogens with zero attached hydrogens (tertiary/aromatic N) is 1. The molecule has 6 nitrogen and oxygen atoms in total. The normalized spacial score (nSPS) is 15.3. The molecule has 1 aliphatic rings. The molecule has 31 heavy (non-hydrogen) atoms. The molecule has 1 rings (SSSR count). The summed E-state index contributed by atoms with van der Waals surface area (Å²) in [6.07, 6.45) is 16.0. The van der Waals surface area contributed by atoms with E-state index in [2.05, 4.69) is 29.4 Å². The third kappa shape index (κ3) is 18.2. The first-order chi connectivity index (χ1) is 15.2. The van der Waals surface area contributed by atoms with E-state index >= 15 is 0 Å². The summed E-state index contributed by atoms with van der Waals surface area (Å²) in [5, 5.41) is 6.10. The number of ether oxygens (including phenoxy) is 1. The molecule has 1 saturated heterocycles. The fourth-order valence-electron chi connectivity index (χ4n) is 3.77. The van der Waals surface area contributed by atoms with Gasteiger partial charge in [-0.15, -0.1) is 0 Å². The van der Waals surface area contributed by atoms with Crippen molar-refractivity contribution in [2.45, 2.75) is 110 Å². The third-order valence-corrected chi connectivity index (χ3v) is 5.88. The van der Waals surface area contributed by atoms with E-state index in [-0.39, 0.29) is 11.8 Å². The summed E-state index contributed by atoms with van der Waals surface area (Å²) < 4.78 is 5.36. The molecule has 1 aliphatic heterocycles. The van der Waals surface area contributed by atoms with E-state index in [1.165, 1.54) is 51.4 Å². The minimum Gasteiger partial charge on any atom is -0.372 e. The highest BCUT2D eigenvalue weighted by atomic mass is 16.6. The molecule has 1 heterocycles. The predicted octanol–water partition coefficient (Wildman–Crippen LogP) is 4.42. The highest BCUT2D eigenvalue weighted by Crippen LogP contribution is 2.11. The summed E-state index contributed by atoms with van der Waals surface area (Å²) in [5.74, 6) is 0.315. The molecule has 1 atom stereocenters. The van der Waals surface area contributed by atoms with E-state index in [0.29, 0.717) is 32.0 Å². The molecule has 0 aromatic heterocycles. The van der Waals surface area contributed by atoms with Gasteiger partial charge in [0.1, 0.15) is 0 Å². The van der Waals surface area contributed by atoms with Crippen molar-refractivity contribution >= 4 is 11.8 Å². The molecule has 1 fully saturated rings. The number of hydrogen-bond donors (Lipinski definition) is 2. The van der Waals surface area contributed by atoms with Gasteiger partial charge in [0.25, 0.3) is 0 Å². The van der Waals surface area contributed by atoms with Gasteiger partial charge in [-0.1, -0.05) is 78.1 Å². The average molecular weight is 440 g/mol. The van der Waals surface area contributed by atoms with Crippen molar-refractivity contribution in [3.63, 3.8) is 0 Å². The van der Waals surface area contributed by atoms with E-state index in [4.69, 9.17) is 4.74 Å². The number of epoxide rings is 1. The van der Waals surface area contributed by atoms with Gasteiger partial charge < -0.3 is 15.4 Å². The van der Waals surface area contributed by atoms with Crippen LogP contribution in [0.15, 0.2) is 0 Å². The lowest BCUT2D eigenvalue weighted by atomic mass is 10.1. The Morgan fingerprint density at radius 2 is 1.16 bits per heavy atom. The Labute approximate surface area is 191 Å². The second-order valence-corrected chi connectivity index (χ2v) is 8.99. The number of nitrogens with one attached hydrogen (secondary N) is 2. The fraction of sp³-hybridized carbons (Fsp3) is 0.920. The SMILES string of the molecule is CCCCCCCCC(=O)NCCN(CCNC(=O)CCCCCCCC)CC1CO1. The van der Waals surface area contributed by atoms with Crippen LogP contribution in [0.1, 0.15) is 104 Å². The summed E-state index contributed by atoms with van der Waals surface area (Å²) in [5.41, 5.74) is 0. The Hall–Kier alpha value is -1.14. The second kappa shape index (κ2) is 19.5. The van der Waals surface area contributed by atoms with Gasteiger partial charge >= 0.3 is 0 Å². The smallest absolute Gasteiger partial charge is 0.220 e. The van der Waals surface area contributed by atoms with Crippen LogP contribution in [-0.2, 0) is 14.3 Å². The minimum atomic E-state index is 0.158. The standard InChI is InChI=1S/C25H49N3O3/c1-3-5-7-9-11-13-15-24(29)26-17-19-28(21-23-22-31-23)20-18-27-25(30)16-14-12-10-8-6-4-2/h23H,3-22H2,1-2H3,(H,26,29)(H,27,30). The van der Waals surface area contributed by atoms with Crippen LogP contribution in [0.3, 0.4) is 0 Å². The fourth-order valence-corrected chi connectivity index (χ4v) is 3.77. The predicted molar refractivity (Wildman–Crippen MR) is 128 cm³/mol. The van der Waals surface area contributed by atoms with Crippen molar-refractivity contribution in [2.75, 3.05) is 39.3 Å². The molecule has 0 aliphatic carbocycles. The van der Waals surface area contributed by atoms with Crippen LogP contribution in [0.5, 0.6) is 0 Å². The zero-order chi connectivity index (χ0) is 22.6. The summed E-state index contributed by atoms with van der Waals surface area (Å²) in [6.45, 7) is 9.06. The largest absolute Gasteiger partial charge is 0.372 e. The van der Waals surface area contributed by atoms with Crippen LogP contribution in [-0.4, -0.2) is 62.1 Å². The number of hydrogen-bond acceptors (Lipinski definition) is 4. The molecular formula is C25H49N3O3. The lowest BCUT2D eigenvalue weighted by Crippen LogP contribution is -2.41. The molecule has 2 N–H and O–H groups in total. The van der Waals surface area contributed by atoms with E-state index in [1.54, 1.807) is 0 Å². The lowest BCUT2D eigenvalue weighted by Gasteiger charge is -2.22. The number of carbonyl (C=O) groups is 2. The van der Waals surface area contributed by atoms with Crippen LogP contribution in [0.2, 0.25) is 0 Å². The number of amides is 2. The molecule has 1 unspecified atom stereocenters. The maximum atomic E-state index is 12.0. The van der Waals surface area contributed by atoms with Crippen LogP contribution >= 0.6 is 0 Å². The highest BCUT2D eigenvalue weighted by molar-refractivity contribution is 5.76. The number of carbonyl (C=O) groups excluding carboxylic acids is 2. The lowest BCUT2D eigenvalue weighted by molar-refractivity contribution is -0.121. The van der Waals surface area contributed by atoms with E-state index < -0.39 is 0 Å². The van der Waals surface area contributed by atoms with Gasteiger partial charge in [-0.3, -0.25) is 14.5 Å².